The van der Waals surface area contributed by atoms with E-state index in [9.17, 15) is 33.7 Å². The number of rotatable bonds is 4. The van der Waals surface area contributed by atoms with E-state index in [-0.39, 0.29) is 11.0 Å². The van der Waals surface area contributed by atoms with Crippen molar-refractivity contribution in [1.82, 2.24) is 59.8 Å². The molecule has 0 amide bonds. The molecule has 0 aliphatic carbocycles. The van der Waals surface area contributed by atoms with Crippen molar-refractivity contribution in [3.05, 3.63) is 50.6 Å². The minimum Gasteiger partial charge on any atom is -0.279 e. The van der Waals surface area contributed by atoms with E-state index in [4.69, 9.17) is 18.2 Å². The van der Waals surface area contributed by atoms with Crippen LogP contribution in [0.15, 0.2) is 71.2 Å². The highest BCUT2D eigenvalue weighted by Crippen LogP contribution is 1.96. The van der Waals surface area contributed by atoms with E-state index >= 15 is 0 Å². The molecule has 4 heterocycles. The van der Waals surface area contributed by atoms with Crippen molar-refractivity contribution in [3.8, 4) is 0 Å². The summed E-state index contributed by atoms with van der Waals surface area (Å²) in [5.41, 5.74) is 0. The molecule has 0 unspecified atom stereocenters. The van der Waals surface area contributed by atoms with Crippen LogP contribution in [0.5, 0.6) is 0 Å². The van der Waals surface area contributed by atoms with Gasteiger partial charge in [-0.05, 0) is 11.0 Å². The third kappa shape index (κ3) is 15.3. The number of nitrogens with zero attached hydrogens (tertiary/aromatic N) is 12. The third-order valence-corrected chi connectivity index (χ3v) is 5.49. The maximum atomic E-state index is 10.2. The first-order valence-corrected chi connectivity index (χ1v) is 14.6. The molecule has 4 aromatic heterocycles. The van der Waals surface area contributed by atoms with Gasteiger partial charge in [0.2, 0.25) is 0 Å². The summed E-state index contributed by atoms with van der Waals surface area (Å²) in [4.78, 5) is 39.0. The summed E-state index contributed by atoms with van der Waals surface area (Å²) in [6.45, 7) is 0. The van der Waals surface area contributed by atoms with Gasteiger partial charge in [-0.3, -0.25) is 18.2 Å². The van der Waals surface area contributed by atoms with Gasteiger partial charge in [0.25, 0.3) is 20.6 Å². The van der Waals surface area contributed by atoms with Gasteiger partial charge in [0, 0.05) is 0 Å². The molecule has 0 saturated carbocycles. The standard InChI is InChI=1S/4C3H3N3O3S.H4Si/c4*7-10(8,9)3-5-1-4-2-6-3;/h4*1-2H,(H,7,8,9);1H4. The van der Waals surface area contributed by atoms with Crippen molar-refractivity contribution < 1.29 is 51.9 Å². The second-order valence-corrected chi connectivity index (χ2v) is 10.8. The van der Waals surface area contributed by atoms with Crippen LogP contribution in [0, 0.1) is 0 Å². The van der Waals surface area contributed by atoms with Crippen LogP contribution in [-0.4, -0.2) is 123 Å². The maximum Gasteiger partial charge on any atom is 0.330 e. The van der Waals surface area contributed by atoms with Gasteiger partial charge in [-0.15, -0.1) is 0 Å². The fraction of sp³-hybridized carbons (Fsp3) is 0. The Hall–Kier alpha value is -4.10. The van der Waals surface area contributed by atoms with Crippen molar-refractivity contribution >= 4 is 51.4 Å². The Kier molecular flexibility index (Phi) is 14.6. The summed E-state index contributed by atoms with van der Waals surface area (Å²) in [5, 5.41) is -2.55. The zero-order chi connectivity index (χ0) is 30.5. The van der Waals surface area contributed by atoms with Crippen LogP contribution >= 0.6 is 0 Å². The van der Waals surface area contributed by atoms with E-state index in [0.717, 1.165) is 50.6 Å². The lowest BCUT2D eigenvalue weighted by atomic mass is 11.1. The van der Waals surface area contributed by atoms with Crippen molar-refractivity contribution in [2.24, 2.45) is 0 Å². The first-order valence-electron chi connectivity index (χ1n) is 8.80. The zero-order valence-electron chi connectivity index (χ0n) is 18.7. The zero-order valence-corrected chi connectivity index (χ0v) is 21.9. The molecule has 224 valence electrons. The van der Waals surface area contributed by atoms with Gasteiger partial charge in [-0.25, -0.2) is 59.8 Å². The maximum absolute atomic E-state index is 10.2. The lowest BCUT2D eigenvalue weighted by Crippen LogP contribution is -2.03. The lowest BCUT2D eigenvalue weighted by molar-refractivity contribution is 0.471. The molecule has 0 spiro atoms. The second-order valence-electron chi connectivity index (χ2n) is 5.58. The van der Waals surface area contributed by atoms with Crippen LogP contribution < -0.4 is 0 Å². The highest BCUT2D eigenvalue weighted by molar-refractivity contribution is 7.86. The summed E-state index contributed by atoms with van der Waals surface area (Å²) in [6.07, 6.45) is 7.86. The molecule has 0 saturated heterocycles. The van der Waals surface area contributed by atoms with Gasteiger partial charge in [-0.2, -0.15) is 33.7 Å². The summed E-state index contributed by atoms with van der Waals surface area (Å²) in [7, 11) is -17.1. The minimum atomic E-state index is -4.27. The number of aromatic nitrogens is 12. The molecule has 0 fully saturated rings. The molecule has 41 heavy (non-hydrogen) atoms. The summed E-state index contributed by atoms with van der Waals surface area (Å²) in [6, 6.07) is 0. The first kappa shape index (κ1) is 36.9. The van der Waals surface area contributed by atoms with Gasteiger partial charge >= 0.3 is 40.5 Å². The van der Waals surface area contributed by atoms with Crippen LogP contribution in [-0.2, 0) is 40.5 Å². The van der Waals surface area contributed by atoms with E-state index in [1.807, 2.05) is 0 Å². The number of hydrogen-bond donors (Lipinski definition) is 4. The molecule has 0 aromatic carbocycles. The van der Waals surface area contributed by atoms with Crippen LogP contribution in [0.1, 0.15) is 0 Å². The van der Waals surface area contributed by atoms with E-state index < -0.39 is 61.1 Å². The van der Waals surface area contributed by atoms with Gasteiger partial charge in [0.1, 0.15) is 50.6 Å². The van der Waals surface area contributed by atoms with Crippen molar-refractivity contribution in [1.29, 1.82) is 0 Å². The highest BCUT2D eigenvalue weighted by Gasteiger charge is 2.13. The van der Waals surface area contributed by atoms with Gasteiger partial charge < -0.3 is 0 Å². The smallest absolute Gasteiger partial charge is 0.279 e. The molecule has 0 radical (unpaired) electrons. The van der Waals surface area contributed by atoms with E-state index in [1.54, 1.807) is 0 Å². The first-order chi connectivity index (χ1) is 18.4. The average Bonchev–Trinajstić information content (AvgIpc) is 2.90. The summed E-state index contributed by atoms with van der Waals surface area (Å²) >= 11 is 0. The molecule has 4 N–H and O–H groups in total. The highest BCUT2D eigenvalue weighted by atomic mass is 32.2. The van der Waals surface area contributed by atoms with Crippen LogP contribution in [0.3, 0.4) is 0 Å². The molecular weight excluding hydrogens is 661 g/mol. The third-order valence-electron chi connectivity index (χ3n) is 2.80. The molecule has 4 rings (SSSR count). The molecule has 29 heteroatoms. The van der Waals surface area contributed by atoms with Gasteiger partial charge in [0.15, 0.2) is 0 Å². The topological polar surface area (TPSA) is 372 Å². The van der Waals surface area contributed by atoms with Gasteiger partial charge in [-0.1, -0.05) is 0 Å². The monoisotopic (exact) mass is 676 g/mol. The molecule has 24 nitrogen and oxygen atoms in total. The minimum absolute atomic E-state index is 0. The van der Waals surface area contributed by atoms with E-state index in [0.29, 0.717) is 0 Å². The van der Waals surface area contributed by atoms with Crippen molar-refractivity contribution in [2.45, 2.75) is 20.6 Å². The Morgan fingerprint density at radius 1 is 0.341 bits per heavy atom. The Morgan fingerprint density at radius 3 is 0.537 bits per heavy atom. The molecule has 0 atom stereocenters. The number of hydrogen-bond acceptors (Lipinski definition) is 20. The summed E-state index contributed by atoms with van der Waals surface area (Å²) in [5.74, 6) is 0. The Balaban J connectivity index is 0.000000516. The van der Waals surface area contributed by atoms with E-state index in [2.05, 4.69) is 59.8 Å². The fourth-order valence-electron chi connectivity index (χ4n) is 1.45. The predicted octanol–water partition coefficient (Wildman–Crippen LogP) is -4.98. The summed E-state index contributed by atoms with van der Waals surface area (Å²) < 4.78 is 115. The molecule has 0 bridgehead atoms. The SMILES string of the molecule is O=S(=O)(O)c1ncncn1.O=S(=O)(O)c1ncncn1.O=S(=O)(O)c1ncncn1.O=S(=O)(O)c1ncncn1.[SiH4]. The lowest BCUT2D eigenvalue weighted by Gasteiger charge is -1.89. The quantitative estimate of drug-likeness (QED) is 0.116. The van der Waals surface area contributed by atoms with Crippen LogP contribution in [0.4, 0.5) is 0 Å². The Bertz CT molecular complexity index is 1500. The van der Waals surface area contributed by atoms with Crippen molar-refractivity contribution in [2.75, 3.05) is 0 Å². The molecule has 0 aliphatic rings. The van der Waals surface area contributed by atoms with E-state index in [1.165, 1.54) is 0 Å². The molecule has 0 aliphatic heterocycles. The fourth-order valence-corrected chi connectivity index (χ4v) is 2.89. The van der Waals surface area contributed by atoms with Crippen LogP contribution in [0.2, 0.25) is 0 Å². The Labute approximate surface area is 234 Å². The molecule has 4 aromatic rings. The van der Waals surface area contributed by atoms with Crippen LogP contribution in [0.25, 0.3) is 0 Å². The molecular formula is C12H16N12O12S4Si. The Morgan fingerprint density at radius 2 is 0.463 bits per heavy atom. The average molecular weight is 677 g/mol. The normalized spacial score (nSPS) is 11.0. The predicted molar refractivity (Wildman–Crippen MR) is 130 cm³/mol. The second kappa shape index (κ2) is 16.2. The van der Waals surface area contributed by atoms with Gasteiger partial charge in [0.05, 0.1) is 0 Å². The van der Waals surface area contributed by atoms with Crippen molar-refractivity contribution in [3.63, 3.8) is 0 Å². The largest absolute Gasteiger partial charge is 0.330 e.